The first-order valence-electron chi connectivity index (χ1n) is 10.7. The first kappa shape index (κ1) is 21.1. The van der Waals surface area contributed by atoms with Crippen molar-refractivity contribution in [3.05, 3.63) is 102 Å². The number of aryl methyl sites for hydroxylation is 1. The van der Waals surface area contributed by atoms with Gasteiger partial charge in [-0.25, -0.2) is 9.67 Å². The van der Waals surface area contributed by atoms with Gasteiger partial charge in [0.05, 0.1) is 40.0 Å². The monoisotopic (exact) mass is 451 g/mol. The summed E-state index contributed by atoms with van der Waals surface area (Å²) in [5.74, 6) is -0.371. The molecule has 0 fully saturated rings. The molecule has 0 unspecified atom stereocenters. The van der Waals surface area contributed by atoms with Crippen LogP contribution >= 0.6 is 0 Å². The Morgan fingerprint density at radius 3 is 2.38 bits per heavy atom. The molecule has 5 rings (SSSR count). The van der Waals surface area contributed by atoms with Crippen molar-refractivity contribution in [2.75, 3.05) is 0 Å². The molecule has 3 heterocycles. The van der Waals surface area contributed by atoms with Crippen LogP contribution in [0, 0.1) is 13.8 Å². The van der Waals surface area contributed by atoms with E-state index in [0.29, 0.717) is 44.9 Å². The van der Waals surface area contributed by atoms with Crippen molar-refractivity contribution in [2.45, 2.75) is 13.8 Å². The molecule has 2 aromatic carbocycles. The highest BCUT2D eigenvalue weighted by Crippen LogP contribution is 2.25. The predicted molar refractivity (Wildman–Crippen MR) is 127 cm³/mol. The topological polar surface area (TPSA) is 102 Å². The number of amides is 2. The van der Waals surface area contributed by atoms with E-state index < -0.39 is 11.8 Å². The second kappa shape index (κ2) is 8.67. The fourth-order valence-corrected chi connectivity index (χ4v) is 3.95. The van der Waals surface area contributed by atoms with E-state index >= 15 is 0 Å². The Bertz CT molecular complexity index is 1500. The summed E-state index contributed by atoms with van der Waals surface area (Å²) >= 11 is 0. The van der Waals surface area contributed by atoms with Gasteiger partial charge in [0.25, 0.3) is 11.8 Å². The fraction of sp³-hybridized carbons (Fsp3) is 0.0769. The van der Waals surface area contributed by atoms with Gasteiger partial charge in [0.1, 0.15) is 5.69 Å². The van der Waals surface area contributed by atoms with Crippen LogP contribution in [-0.4, -0.2) is 26.6 Å². The number of carbonyl (C=O) groups is 2. The molecule has 34 heavy (non-hydrogen) atoms. The molecular weight excluding hydrogens is 430 g/mol. The van der Waals surface area contributed by atoms with Crippen molar-refractivity contribution in [1.29, 1.82) is 0 Å². The highest BCUT2D eigenvalue weighted by Gasteiger charge is 2.21. The number of carbonyl (C=O) groups excluding carboxylic acids is 2. The Balaban J connectivity index is 1.41. The highest BCUT2D eigenvalue weighted by molar-refractivity contribution is 6.08. The molecule has 168 valence electrons. The molecule has 0 aliphatic rings. The molecule has 8 heteroatoms. The maximum Gasteiger partial charge on any atom is 0.273 e. The summed E-state index contributed by atoms with van der Waals surface area (Å²) in [6.45, 7) is 3.57. The van der Waals surface area contributed by atoms with E-state index in [4.69, 9.17) is 4.42 Å². The number of hydrazine groups is 1. The third-order valence-corrected chi connectivity index (χ3v) is 5.54. The number of para-hydroxylation sites is 2. The zero-order valence-corrected chi connectivity index (χ0v) is 18.6. The number of benzene rings is 2. The van der Waals surface area contributed by atoms with Gasteiger partial charge in [-0.1, -0.05) is 36.4 Å². The lowest BCUT2D eigenvalue weighted by Gasteiger charge is -2.11. The largest absolute Gasteiger partial charge is 0.463 e. The van der Waals surface area contributed by atoms with Crippen LogP contribution in [0.3, 0.4) is 0 Å². The minimum absolute atomic E-state index is 0.366. The highest BCUT2D eigenvalue weighted by atomic mass is 16.3. The normalized spacial score (nSPS) is 10.9. The Labute approximate surface area is 195 Å². The van der Waals surface area contributed by atoms with Gasteiger partial charge >= 0.3 is 0 Å². The van der Waals surface area contributed by atoms with Gasteiger partial charge in [-0.05, 0) is 50.2 Å². The third-order valence-electron chi connectivity index (χ3n) is 5.54. The Morgan fingerprint density at radius 1 is 0.882 bits per heavy atom. The van der Waals surface area contributed by atoms with E-state index in [0.717, 1.165) is 5.69 Å². The quantitative estimate of drug-likeness (QED) is 0.395. The number of nitrogens with zero attached hydrogens (tertiary/aromatic N) is 3. The maximum atomic E-state index is 13.1. The number of pyridine rings is 1. The maximum absolute atomic E-state index is 13.1. The molecule has 5 aromatic rings. The number of hydrogen-bond acceptors (Lipinski definition) is 5. The second-order valence-electron chi connectivity index (χ2n) is 7.75. The zero-order valence-electron chi connectivity index (χ0n) is 18.6. The van der Waals surface area contributed by atoms with E-state index in [1.165, 1.54) is 0 Å². The summed E-state index contributed by atoms with van der Waals surface area (Å²) in [6.07, 6.45) is 1.55. The molecule has 2 amide bonds. The van der Waals surface area contributed by atoms with Crippen LogP contribution < -0.4 is 10.9 Å². The van der Waals surface area contributed by atoms with Crippen molar-refractivity contribution < 1.29 is 14.0 Å². The lowest BCUT2D eigenvalue weighted by atomic mass is 10.1. The minimum atomic E-state index is -0.467. The number of aromatic nitrogens is 3. The Morgan fingerprint density at radius 2 is 1.62 bits per heavy atom. The van der Waals surface area contributed by atoms with Gasteiger partial charge < -0.3 is 4.42 Å². The van der Waals surface area contributed by atoms with Crippen molar-refractivity contribution in [2.24, 2.45) is 0 Å². The molecule has 0 spiro atoms. The molecule has 0 saturated heterocycles. The number of nitrogens with one attached hydrogen (secondary N) is 2. The van der Waals surface area contributed by atoms with E-state index in [1.54, 1.807) is 36.1 Å². The SMILES string of the molecule is Cc1nn(-c2ccccc2)c(C)c1C(=O)NNC(=O)c1cc(-c2ccco2)nc2ccccc12. The molecule has 2 N–H and O–H groups in total. The summed E-state index contributed by atoms with van der Waals surface area (Å²) in [5.41, 5.74) is 9.07. The van der Waals surface area contributed by atoms with Crippen molar-refractivity contribution in [3.63, 3.8) is 0 Å². The smallest absolute Gasteiger partial charge is 0.273 e. The van der Waals surface area contributed by atoms with Crippen LogP contribution in [-0.2, 0) is 0 Å². The summed E-state index contributed by atoms with van der Waals surface area (Å²) in [7, 11) is 0. The average molecular weight is 451 g/mol. The lowest BCUT2D eigenvalue weighted by molar-refractivity contribution is 0.0846. The van der Waals surface area contributed by atoms with Crippen LogP contribution in [0.15, 0.2) is 83.5 Å². The van der Waals surface area contributed by atoms with Crippen LogP contribution in [0.4, 0.5) is 0 Å². The van der Waals surface area contributed by atoms with Crippen molar-refractivity contribution in [1.82, 2.24) is 25.6 Å². The van der Waals surface area contributed by atoms with Gasteiger partial charge in [0.2, 0.25) is 0 Å². The van der Waals surface area contributed by atoms with Crippen molar-refractivity contribution >= 4 is 22.7 Å². The van der Waals surface area contributed by atoms with Crippen LogP contribution in [0.1, 0.15) is 32.1 Å². The number of furan rings is 1. The minimum Gasteiger partial charge on any atom is -0.463 e. The second-order valence-corrected chi connectivity index (χ2v) is 7.75. The Hall–Kier alpha value is -4.72. The van der Waals surface area contributed by atoms with Gasteiger partial charge in [-0.15, -0.1) is 0 Å². The van der Waals surface area contributed by atoms with Crippen LogP contribution in [0.5, 0.6) is 0 Å². The van der Waals surface area contributed by atoms with Crippen LogP contribution in [0.25, 0.3) is 28.0 Å². The Kier molecular flexibility index (Phi) is 5.39. The molecule has 0 aliphatic carbocycles. The molecule has 0 aliphatic heterocycles. The van der Waals surface area contributed by atoms with Crippen LogP contribution in [0.2, 0.25) is 0 Å². The third kappa shape index (κ3) is 3.81. The summed E-state index contributed by atoms with van der Waals surface area (Å²) < 4.78 is 7.16. The van der Waals surface area contributed by atoms with E-state index in [2.05, 4.69) is 20.9 Å². The number of hydrogen-bond donors (Lipinski definition) is 2. The summed E-state index contributed by atoms with van der Waals surface area (Å²) in [5, 5.41) is 5.15. The van der Waals surface area contributed by atoms with E-state index in [9.17, 15) is 9.59 Å². The fourth-order valence-electron chi connectivity index (χ4n) is 3.95. The van der Waals surface area contributed by atoms with Gasteiger partial charge in [-0.2, -0.15) is 5.10 Å². The average Bonchev–Trinajstić information content (AvgIpc) is 3.50. The first-order valence-corrected chi connectivity index (χ1v) is 10.7. The first-order chi connectivity index (χ1) is 16.5. The number of fused-ring (bicyclic) bond motifs is 1. The molecule has 0 bridgehead atoms. The molecule has 0 saturated carbocycles. The molecule has 3 aromatic heterocycles. The van der Waals surface area contributed by atoms with E-state index in [1.807, 2.05) is 61.5 Å². The van der Waals surface area contributed by atoms with Gasteiger partial charge in [-0.3, -0.25) is 20.4 Å². The standard InChI is InChI=1S/C26H21N5O3/c1-16-24(17(2)31(30-16)18-9-4-3-5-10-18)26(33)29-28-25(32)20-15-22(23-13-8-14-34-23)27-21-12-7-6-11-19(20)21/h3-15H,1-2H3,(H,28,32)(H,29,33). The summed E-state index contributed by atoms with van der Waals surface area (Å²) in [4.78, 5) is 30.7. The van der Waals surface area contributed by atoms with Gasteiger partial charge in [0.15, 0.2) is 5.76 Å². The zero-order chi connectivity index (χ0) is 23.7. The lowest BCUT2D eigenvalue weighted by Crippen LogP contribution is -2.42. The molecular formula is C26H21N5O3. The van der Waals surface area contributed by atoms with E-state index in [-0.39, 0.29) is 0 Å². The molecule has 0 atom stereocenters. The summed E-state index contributed by atoms with van der Waals surface area (Å²) in [6, 6.07) is 22.0. The van der Waals surface area contributed by atoms with Gasteiger partial charge in [0, 0.05) is 5.39 Å². The molecule has 8 nitrogen and oxygen atoms in total. The predicted octanol–water partition coefficient (Wildman–Crippen LogP) is 4.37. The molecule has 0 radical (unpaired) electrons. The number of rotatable bonds is 4. The van der Waals surface area contributed by atoms with Crippen molar-refractivity contribution in [3.8, 4) is 17.1 Å².